The Balaban J connectivity index is 2.11. The minimum absolute atomic E-state index is 0.0699. The van der Waals surface area contributed by atoms with Crippen molar-refractivity contribution < 1.29 is 14.6 Å². The van der Waals surface area contributed by atoms with Crippen molar-refractivity contribution in [2.45, 2.75) is 38.0 Å². The summed E-state index contributed by atoms with van der Waals surface area (Å²) in [5.41, 5.74) is 3.69. The molecule has 0 saturated heterocycles. The molecule has 0 bridgehead atoms. The minimum atomic E-state index is -0.723. The molecule has 0 aromatic heterocycles. The van der Waals surface area contributed by atoms with E-state index in [1.165, 1.54) is 11.3 Å². The molecule has 0 amide bonds. The number of fused-ring (bicyclic) bond motifs is 3. The highest BCUT2D eigenvalue weighted by molar-refractivity contribution is 5.72. The Hall–Kier alpha value is -1.71. The van der Waals surface area contributed by atoms with Gasteiger partial charge in [0.05, 0.1) is 13.0 Å². The molecule has 0 aliphatic carbocycles. The van der Waals surface area contributed by atoms with Crippen molar-refractivity contribution in [1.82, 2.24) is 0 Å². The number of rotatable bonds is 2. The molecule has 3 rings (SSSR count). The van der Waals surface area contributed by atoms with Gasteiger partial charge < -0.3 is 14.7 Å². The van der Waals surface area contributed by atoms with Crippen LogP contribution in [-0.4, -0.2) is 31.3 Å². The normalized spacial score (nSPS) is 21.4. The lowest BCUT2D eigenvalue weighted by molar-refractivity contribution is -0.137. The Morgan fingerprint density at radius 1 is 1.45 bits per heavy atom. The lowest BCUT2D eigenvalue weighted by Crippen LogP contribution is -2.27. The van der Waals surface area contributed by atoms with E-state index in [4.69, 9.17) is 4.74 Å². The smallest absolute Gasteiger partial charge is 0.303 e. The molecule has 4 nitrogen and oxygen atoms in total. The zero-order valence-corrected chi connectivity index (χ0v) is 11.9. The van der Waals surface area contributed by atoms with Crippen LogP contribution >= 0.6 is 0 Å². The van der Waals surface area contributed by atoms with Crippen LogP contribution in [0.5, 0.6) is 5.75 Å². The first-order valence-electron chi connectivity index (χ1n) is 7.38. The van der Waals surface area contributed by atoms with Crippen LogP contribution in [0.2, 0.25) is 0 Å². The van der Waals surface area contributed by atoms with Crippen LogP contribution in [-0.2, 0) is 11.2 Å². The summed E-state index contributed by atoms with van der Waals surface area (Å²) in [6.45, 7) is 1.72. The van der Waals surface area contributed by atoms with Gasteiger partial charge in [0.25, 0.3) is 0 Å². The first-order valence-corrected chi connectivity index (χ1v) is 7.38. The Morgan fingerprint density at radius 3 is 3.10 bits per heavy atom. The van der Waals surface area contributed by atoms with Crippen molar-refractivity contribution in [1.29, 1.82) is 0 Å². The second-order valence-electron chi connectivity index (χ2n) is 5.80. The molecule has 108 valence electrons. The lowest BCUT2D eigenvalue weighted by atomic mass is 9.86. The van der Waals surface area contributed by atoms with Gasteiger partial charge in [-0.3, -0.25) is 4.79 Å². The van der Waals surface area contributed by atoms with Crippen LogP contribution in [0.3, 0.4) is 0 Å². The highest BCUT2D eigenvalue weighted by Gasteiger charge is 2.29. The number of hydrogen-bond acceptors (Lipinski definition) is 3. The van der Waals surface area contributed by atoms with Gasteiger partial charge in [-0.15, -0.1) is 0 Å². The van der Waals surface area contributed by atoms with E-state index in [1.807, 2.05) is 6.07 Å². The summed E-state index contributed by atoms with van der Waals surface area (Å²) < 4.78 is 5.86. The fourth-order valence-electron chi connectivity index (χ4n) is 3.50. The van der Waals surface area contributed by atoms with Gasteiger partial charge in [-0.1, -0.05) is 6.07 Å². The quantitative estimate of drug-likeness (QED) is 0.901. The Labute approximate surface area is 119 Å². The van der Waals surface area contributed by atoms with E-state index >= 15 is 0 Å². The van der Waals surface area contributed by atoms with E-state index in [0.29, 0.717) is 6.61 Å². The van der Waals surface area contributed by atoms with Crippen molar-refractivity contribution in [3.05, 3.63) is 23.3 Å². The summed E-state index contributed by atoms with van der Waals surface area (Å²) in [7, 11) is 2.10. The monoisotopic (exact) mass is 275 g/mol. The molecular formula is C16H21NO3. The standard InChI is InChI=1S/C16H21NO3/c1-17-8-2-4-11-6-7-13-15(16(11)17)12(10-14(18)19)5-3-9-20-13/h6-7,12H,2-5,8-10H2,1H3,(H,18,19). The molecule has 0 fully saturated rings. The van der Waals surface area contributed by atoms with Gasteiger partial charge in [-0.05, 0) is 37.3 Å². The summed E-state index contributed by atoms with van der Waals surface area (Å²) >= 11 is 0. The molecule has 1 N–H and O–H groups in total. The van der Waals surface area contributed by atoms with E-state index in [2.05, 4.69) is 18.0 Å². The molecule has 20 heavy (non-hydrogen) atoms. The highest BCUT2D eigenvalue weighted by Crippen LogP contribution is 2.44. The van der Waals surface area contributed by atoms with E-state index in [-0.39, 0.29) is 12.3 Å². The molecule has 0 saturated carbocycles. The number of carboxylic acids is 1. The van der Waals surface area contributed by atoms with Crippen LogP contribution in [0.4, 0.5) is 5.69 Å². The van der Waals surface area contributed by atoms with Gasteiger partial charge >= 0.3 is 5.97 Å². The molecule has 1 aromatic rings. The third-order valence-electron chi connectivity index (χ3n) is 4.37. The summed E-state index contributed by atoms with van der Waals surface area (Å²) in [4.78, 5) is 13.4. The zero-order valence-electron chi connectivity index (χ0n) is 11.9. The first kappa shape index (κ1) is 13.3. The topological polar surface area (TPSA) is 49.8 Å². The van der Waals surface area contributed by atoms with Gasteiger partial charge in [0.2, 0.25) is 0 Å². The molecule has 4 heteroatoms. The van der Waals surface area contributed by atoms with Crippen LogP contribution in [0, 0.1) is 0 Å². The second kappa shape index (κ2) is 5.35. The van der Waals surface area contributed by atoms with Gasteiger partial charge in [-0.25, -0.2) is 0 Å². The SMILES string of the molecule is CN1CCCc2ccc3c(c21)C(CC(=O)O)CCCO3. The van der Waals surface area contributed by atoms with Crippen molar-refractivity contribution in [2.24, 2.45) is 0 Å². The third kappa shape index (κ3) is 2.35. The van der Waals surface area contributed by atoms with Gasteiger partial charge in [-0.2, -0.15) is 0 Å². The molecule has 1 atom stereocenters. The second-order valence-corrected chi connectivity index (χ2v) is 5.80. The fraction of sp³-hybridized carbons (Fsp3) is 0.562. The number of anilines is 1. The Kier molecular flexibility index (Phi) is 3.55. The van der Waals surface area contributed by atoms with Gasteiger partial charge in [0, 0.05) is 30.8 Å². The average Bonchev–Trinajstić information content (AvgIpc) is 2.61. The number of benzene rings is 1. The average molecular weight is 275 g/mol. The predicted octanol–water partition coefficient (Wildman–Crippen LogP) is 2.80. The van der Waals surface area contributed by atoms with Gasteiger partial charge in [0.15, 0.2) is 0 Å². The van der Waals surface area contributed by atoms with E-state index in [1.54, 1.807) is 0 Å². The highest BCUT2D eigenvalue weighted by atomic mass is 16.5. The summed E-state index contributed by atoms with van der Waals surface area (Å²) in [6.07, 6.45) is 4.24. The number of ether oxygens (including phenoxy) is 1. The van der Waals surface area contributed by atoms with Crippen LogP contribution in [0.15, 0.2) is 12.1 Å². The minimum Gasteiger partial charge on any atom is -0.493 e. The zero-order chi connectivity index (χ0) is 14.1. The van der Waals surface area contributed by atoms with Crippen molar-refractivity contribution in [3.8, 4) is 5.75 Å². The molecule has 0 radical (unpaired) electrons. The Morgan fingerprint density at radius 2 is 2.30 bits per heavy atom. The fourth-order valence-corrected chi connectivity index (χ4v) is 3.50. The molecule has 1 unspecified atom stereocenters. The first-order chi connectivity index (χ1) is 9.66. The van der Waals surface area contributed by atoms with Crippen LogP contribution in [0.25, 0.3) is 0 Å². The van der Waals surface area contributed by atoms with Gasteiger partial charge in [0.1, 0.15) is 5.75 Å². The summed E-state index contributed by atoms with van der Waals surface area (Å²) in [5, 5.41) is 9.20. The van der Waals surface area contributed by atoms with Crippen molar-refractivity contribution >= 4 is 11.7 Å². The maximum absolute atomic E-state index is 11.2. The van der Waals surface area contributed by atoms with Crippen molar-refractivity contribution in [2.75, 3.05) is 25.1 Å². The molecule has 1 aromatic carbocycles. The van der Waals surface area contributed by atoms with E-state index < -0.39 is 5.97 Å². The van der Waals surface area contributed by atoms with Crippen LogP contribution < -0.4 is 9.64 Å². The number of carboxylic acid groups (broad SMARTS) is 1. The number of aryl methyl sites for hydroxylation is 1. The third-order valence-corrected chi connectivity index (χ3v) is 4.37. The molecule has 2 heterocycles. The maximum atomic E-state index is 11.2. The molecule has 2 aliphatic rings. The molecule has 0 spiro atoms. The number of carbonyl (C=O) groups is 1. The number of aliphatic carboxylic acids is 1. The van der Waals surface area contributed by atoms with Crippen molar-refractivity contribution in [3.63, 3.8) is 0 Å². The van der Waals surface area contributed by atoms with E-state index in [9.17, 15) is 9.90 Å². The Bertz CT molecular complexity index is 527. The number of nitrogens with zero attached hydrogens (tertiary/aromatic N) is 1. The maximum Gasteiger partial charge on any atom is 0.303 e. The predicted molar refractivity (Wildman–Crippen MR) is 77.8 cm³/mol. The summed E-state index contributed by atoms with van der Waals surface area (Å²) in [5.74, 6) is 0.237. The molecular weight excluding hydrogens is 254 g/mol. The molecule has 2 aliphatic heterocycles. The summed E-state index contributed by atoms with van der Waals surface area (Å²) in [6, 6.07) is 4.18. The number of hydrogen-bond donors (Lipinski definition) is 1. The largest absolute Gasteiger partial charge is 0.493 e. The van der Waals surface area contributed by atoms with E-state index in [0.717, 1.165) is 43.5 Å². The lowest BCUT2D eigenvalue weighted by Gasteiger charge is -2.32. The van der Waals surface area contributed by atoms with Crippen LogP contribution in [0.1, 0.15) is 42.7 Å².